The average molecular weight is 347 g/mol. The van der Waals surface area contributed by atoms with Crippen molar-refractivity contribution < 1.29 is 18.9 Å². The Balaban J connectivity index is 5.04. The molecule has 0 saturated carbocycles. The fourth-order valence-corrected chi connectivity index (χ4v) is 2.32. The molecular formula is C20H42O4. The first-order chi connectivity index (χ1) is 11.7. The Bertz CT molecular complexity index is 231. The van der Waals surface area contributed by atoms with E-state index in [0.29, 0.717) is 19.8 Å². The highest BCUT2D eigenvalue weighted by atomic mass is 16.9. The van der Waals surface area contributed by atoms with Gasteiger partial charge in [0.1, 0.15) is 6.10 Å². The van der Waals surface area contributed by atoms with Gasteiger partial charge in [0.15, 0.2) is 0 Å². The summed E-state index contributed by atoms with van der Waals surface area (Å²) in [6.07, 6.45) is 9.07. The smallest absolute Gasteiger partial charge is 0.310 e. The molecule has 0 fully saturated rings. The van der Waals surface area contributed by atoms with Crippen LogP contribution in [0, 0.1) is 0 Å². The maximum absolute atomic E-state index is 6.18. The van der Waals surface area contributed by atoms with Gasteiger partial charge in [0.05, 0.1) is 19.8 Å². The van der Waals surface area contributed by atoms with Crippen molar-refractivity contribution in [2.75, 3.05) is 26.4 Å². The second-order valence-corrected chi connectivity index (χ2v) is 6.33. The molecule has 146 valence electrons. The summed E-state index contributed by atoms with van der Waals surface area (Å²) in [6.45, 7) is 13.4. The molecule has 4 heteroatoms. The fourth-order valence-electron chi connectivity index (χ4n) is 2.32. The lowest BCUT2D eigenvalue weighted by Gasteiger charge is -2.39. The number of rotatable bonds is 18. The summed E-state index contributed by atoms with van der Waals surface area (Å²) >= 11 is 0. The highest BCUT2D eigenvalue weighted by Gasteiger charge is 2.43. The lowest BCUT2D eigenvalue weighted by molar-refractivity contribution is -0.418. The Morgan fingerprint density at radius 1 is 0.583 bits per heavy atom. The van der Waals surface area contributed by atoms with E-state index in [4.69, 9.17) is 18.9 Å². The summed E-state index contributed by atoms with van der Waals surface area (Å²) in [5.41, 5.74) is 0. The summed E-state index contributed by atoms with van der Waals surface area (Å²) < 4.78 is 24.6. The van der Waals surface area contributed by atoms with Crippen molar-refractivity contribution in [1.29, 1.82) is 0 Å². The summed E-state index contributed by atoms with van der Waals surface area (Å²) in [4.78, 5) is 0. The third-order valence-electron chi connectivity index (χ3n) is 3.99. The van der Waals surface area contributed by atoms with E-state index in [9.17, 15) is 0 Å². The van der Waals surface area contributed by atoms with Crippen LogP contribution >= 0.6 is 0 Å². The molecule has 0 N–H and O–H groups in total. The van der Waals surface area contributed by atoms with Gasteiger partial charge < -0.3 is 18.9 Å². The molecule has 0 bridgehead atoms. The van der Waals surface area contributed by atoms with E-state index in [1.54, 1.807) is 0 Å². The van der Waals surface area contributed by atoms with Crippen LogP contribution in [-0.2, 0) is 18.9 Å². The van der Waals surface area contributed by atoms with E-state index in [2.05, 4.69) is 34.6 Å². The van der Waals surface area contributed by atoms with Crippen LogP contribution in [0.15, 0.2) is 0 Å². The third kappa shape index (κ3) is 9.97. The quantitative estimate of drug-likeness (QED) is 0.236. The van der Waals surface area contributed by atoms with E-state index in [-0.39, 0.29) is 6.10 Å². The van der Waals surface area contributed by atoms with Crippen LogP contribution in [0.2, 0.25) is 0 Å². The van der Waals surface area contributed by atoms with Gasteiger partial charge in [-0.05, 0) is 32.1 Å². The normalized spacial score (nSPS) is 13.4. The lowest BCUT2D eigenvalue weighted by Crippen LogP contribution is -2.51. The Kier molecular flexibility index (Phi) is 16.2. The molecule has 0 aromatic rings. The van der Waals surface area contributed by atoms with Crippen molar-refractivity contribution in [3.63, 3.8) is 0 Å². The predicted molar refractivity (Wildman–Crippen MR) is 100 cm³/mol. The number of ether oxygens (including phenoxy) is 4. The molecule has 4 nitrogen and oxygen atoms in total. The molecule has 24 heavy (non-hydrogen) atoms. The zero-order valence-corrected chi connectivity index (χ0v) is 16.9. The molecule has 0 radical (unpaired) electrons. The van der Waals surface area contributed by atoms with Crippen LogP contribution in [0.25, 0.3) is 0 Å². The molecule has 0 amide bonds. The first-order valence-corrected chi connectivity index (χ1v) is 10.2. The van der Waals surface area contributed by atoms with Crippen molar-refractivity contribution in [3.05, 3.63) is 0 Å². The van der Waals surface area contributed by atoms with Crippen molar-refractivity contribution >= 4 is 0 Å². The van der Waals surface area contributed by atoms with E-state index in [0.717, 1.165) is 64.4 Å². The van der Waals surface area contributed by atoms with Gasteiger partial charge in [-0.2, -0.15) is 0 Å². The van der Waals surface area contributed by atoms with E-state index in [1.807, 2.05) is 0 Å². The van der Waals surface area contributed by atoms with Crippen molar-refractivity contribution in [3.8, 4) is 0 Å². The van der Waals surface area contributed by atoms with Gasteiger partial charge in [-0.3, -0.25) is 0 Å². The van der Waals surface area contributed by atoms with Crippen LogP contribution in [0.1, 0.15) is 92.4 Å². The molecular weight excluding hydrogens is 304 g/mol. The molecule has 0 saturated heterocycles. The molecule has 0 heterocycles. The SMILES string of the molecule is CCCCOC(CC)C(OCCCC)(OCCCC)OCCCC. The minimum absolute atomic E-state index is 0.186. The topological polar surface area (TPSA) is 36.9 Å². The fraction of sp³-hybridized carbons (Fsp3) is 1.00. The maximum atomic E-state index is 6.18. The standard InChI is InChI=1S/C20H42O4/c1-6-11-15-21-19(10-5)20(22-16-12-7-2,23-17-13-8-3)24-18-14-9-4/h19H,6-18H2,1-5H3. The first-order valence-electron chi connectivity index (χ1n) is 10.2. The first kappa shape index (κ1) is 23.8. The summed E-state index contributed by atoms with van der Waals surface area (Å²) in [5, 5.41) is 0. The molecule has 0 aromatic carbocycles. The van der Waals surface area contributed by atoms with Crippen LogP contribution in [0.4, 0.5) is 0 Å². The number of unbranched alkanes of at least 4 members (excludes halogenated alkanes) is 4. The summed E-state index contributed by atoms with van der Waals surface area (Å²) in [7, 11) is 0. The summed E-state index contributed by atoms with van der Waals surface area (Å²) in [5.74, 6) is -1.05. The van der Waals surface area contributed by atoms with Crippen molar-refractivity contribution in [2.24, 2.45) is 0 Å². The highest BCUT2D eigenvalue weighted by molar-refractivity contribution is 4.72. The van der Waals surface area contributed by atoms with Gasteiger partial charge in [0.25, 0.3) is 0 Å². The zero-order valence-electron chi connectivity index (χ0n) is 16.9. The second kappa shape index (κ2) is 16.3. The highest BCUT2D eigenvalue weighted by Crippen LogP contribution is 2.27. The second-order valence-electron chi connectivity index (χ2n) is 6.33. The molecule has 1 atom stereocenters. The van der Waals surface area contributed by atoms with Crippen LogP contribution in [0.3, 0.4) is 0 Å². The van der Waals surface area contributed by atoms with Gasteiger partial charge in [0.2, 0.25) is 0 Å². The van der Waals surface area contributed by atoms with Crippen LogP contribution < -0.4 is 0 Å². The Hall–Kier alpha value is -0.160. The molecule has 0 spiro atoms. The molecule has 0 aromatic heterocycles. The zero-order chi connectivity index (χ0) is 18.1. The minimum Gasteiger partial charge on any atom is -0.370 e. The van der Waals surface area contributed by atoms with Crippen LogP contribution in [-0.4, -0.2) is 38.5 Å². The molecule has 0 rings (SSSR count). The molecule has 0 aliphatic carbocycles. The van der Waals surface area contributed by atoms with E-state index < -0.39 is 5.97 Å². The predicted octanol–water partition coefficient (Wildman–Crippen LogP) is 5.69. The molecule has 0 aliphatic heterocycles. The minimum atomic E-state index is -1.05. The number of hydrogen-bond acceptors (Lipinski definition) is 4. The van der Waals surface area contributed by atoms with Crippen LogP contribution in [0.5, 0.6) is 0 Å². The Morgan fingerprint density at radius 3 is 1.29 bits per heavy atom. The lowest BCUT2D eigenvalue weighted by atomic mass is 10.2. The Morgan fingerprint density at radius 2 is 0.958 bits per heavy atom. The van der Waals surface area contributed by atoms with Gasteiger partial charge in [-0.25, -0.2) is 0 Å². The summed E-state index contributed by atoms with van der Waals surface area (Å²) in [6, 6.07) is 0. The van der Waals surface area contributed by atoms with Gasteiger partial charge in [-0.1, -0.05) is 60.3 Å². The largest absolute Gasteiger partial charge is 0.370 e. The average Bonchev–Trinajstić information content (AvgIpc) is 2.59. The molecule has 0 aliphatic rings. The maximum Gasteiger partial charge on any atom is 0.310 e. The number of hydrogen-bond donors (Lipinski definition) is 0. The molecule has 1 unspecified atom stereocenters. The Labute approximate surface area is 150 Å². The monoisotopic (exact) mass is 346 g/mol. The van der Waals surface area contributed by atoms with E-state index >= 15 is 0 Å². The van der Waals surface area contributed by atoms with Gasteiger partial charge in [-0.15, -0.1) is 0 Å². The van der Waals surface area contributed by atoms with Gasteiger partial charge >= 0.3 is 5.97 Å². The van der Waals surface area contributed by atoms with Gasteiger partial charge in [0, 0.05) is 6.61 Å². The third-order valence-corrected chi connectivity index (χ3v) is 3.99. The van der Waals surface area contributed by atoms with Crippen molar-refractivity contribution in [2.45, 2.75) is 104 Å². The van der Waals surface area contributed by atoms with Crippen molar-refractivity contribution in [1.82, 2.24) is 0 Å². The van der Waals surface area contributed by atoms with E-state index in [1.165, 1.54) is 0 Å².